The van der Waals surface area contributed by atoms with Gasteiger partial charge in [0, 0.05) is 26.3 Å². The third kappa shape index (κ3) is 13.1. The van der Waals surface area contributed by atoms with Crippen LogP contribution >= 0.6 is 0 Å². The summed E-state index contributed by atoms with van der Waals surface area (Å²) in [6, 6.07) is 21.0. The molecular weight excluding hydrogens is 580 g/mol. The number of rotatable bonds is 14. The fourth-order valence-electron chi connectivity index (χ4n) is 7.17. The molecule has 2 aliphatic rings. The predicted octanol–water partition coefficient (Wildman–Crippen LogP) is 5.99. The number of esters is 2. The molecule has 2 aromatic rings. The molecule has 2 heterocycles. The predicted molar refractivity (Wildman–Crippen MR) is 182 cm³/mol. The van der Waals surface area contributed by atoms with Crippen LogP contribution in [-0.2, 0) is 32.2 Å². The van der Waals surface area contributed by atoms with Crippen LogP contribution in [0.25, 0.3) is 0 Å². The number of carbonyl (C=O) groups is 2. The van der Waals surface area contributed by atoms with E-state index >= 15 is 0 Å². The minimum atomic E-state index is -0.357. The molecule has 0 spiro atoms. The average Bonchev–Trinajstić information content (AvgIpc) is 3.35. The van der Waals surface area contributed by atoms with Crippen LogP contribution in [0, 0.1) is 10.8 Å². The van der Waals surface area contributed by atoms with Crippen LogP contribution in [0.15, 0.2) is 60.7 Å². The Hall–Kier alpha value is -2.78. The number of ether oxygens (including phenoxy) is 2. The van der Waals surface area contributed by atoms with Gasteiger partial charge in [-0.2, -0.15) is 0 Å². The fraction of sp³-hybridized carbons (Fsp3) is 0.632. The molecule has 0 unspecified atom stereocenters. The molecule has 0 saturated carbocycles. The van der Waals surface area contributed by atoms with Crippen molar-refractivity contribution in [3.8, 4) is 0 Å². The monoisotopic (exact) mass is 638 g/mol. The lowest BCUT2D eigenvalue weighted by Gasteiger charge is -2.31. The lowest BCUT2D eigenvalue weighted by atomic mass is 9.75. The first kappa shape index (κ1) is 37.7. The van der Waals surface area contributed by atoms with E-state index in [-0.39, 0.29) is 36.0 Å². The maximum Gasteiger partial charge on any atom is 0.306 e. The van der Waals surface area contributed by atoms with Gasteiger partial charge in [-0.05, 0) is 113 Å². The van der Waals surface area contributed by atoms with Crippen molar-refractivity contribution in [3.63, 3.8) is 0 Å². The van der Waals surface area contributed by atoms with E-state index in [1.165, 1.54) is 11.1 Å². The molecule has 0 aromatic heterocycles. The van der Waals surface area contributed by atoms with E-state index in [0.717, 1.165) is 90.6 Å². The molecule has 8 nitrogen and oxygen atoms in total. The smallest absolute Gasteiger partial charge is 0.306 e. The molecule has 0 bridgehead atoms. The van der Waals surface area contributed by atoms with E-state index in [9.17, 15) is 19.8 Å². The first-order chi connectivity index (χ1) is 22.3. The molecule has 0 amide bonds. The van der Waals surface area contributed by atoms with Crippen LogP contribution in [0.2, 0.25) is 0 Å². The third-order valence-electron chi connectivity index (χ3n) is 9.71. The Bertz CT molecular complexity index is 1100. The molecule has 2 fully saturated rings. The van der Waals surface area contributed by atoms with Crippen molar-refractivity contribution < 1.29 is 29.3 Å². The molecule has 0 atom stereocenters. The molecule has 8 heteroatoms. The maximum absolute atomic E-state index is 12.2. The van der Waals surface area contributed by atoms with Crippen LogP contribution in [0.3, 0.4) is 0 Å². The number of benzene rings is 2. The van der Waals surface area contributed by atoms with Gasteiger partial charge in [-0.1, -0.05) is 60.7 Å². The van der Waals surface area contributed by atoms with Gasteiger partial charge in [-0.25, -0.2) is 0 Å². The highest BCUT2D eigenvalue weighted by Gasteiger charge is 2.38. The lowest BCUT2D eigenvalue weighted by molar-refractivity contribution is -0.150. The molecule has 2 saturated heterocycles. The van der Waals surface area contributed by atoms with Gasteiger partial charge in [0.2, 0.25) is 0 Å². The average molecular weight is 639 g/mol. The number of nitrogens with zero attached hydrogens (tertiary/aromatic N) is 2. The van der Waals surface area contributed by atoms with E-state index in [0.29, 0.717) is 26.1 Å². The van der Waals surface area contributed by atoms with Crippen molar-refractivity contribution in [2.24, 2.45) is 10.8 Å². The maximum atomic E-state index is 12.2. The molecular formula is C38H58N2O6. The van der Waals surface area contributed by atoms with Gasteiger partial charge in [0.05, 0.1) is 26.1 Å². The summed E-state index contributed by atoms with van der Waals surface area (Å²) in [6.07, 6.45) is 8.21. The summed E-state index contributed by atoms with van der Waals surface area (Å²) in [5.41, 5.74) is 2.44. The first-order valence-corrected chi connectivity index (χ1v) is 17.4. The topological polar surface area (TPSA) is 99.5 Å². The number of aliphatic hydroxyl groups is 2. The summed E-state index contributed by atoms with van der Waals surface area (Å²) >= 11 is 0. The molecule has 256 valence electrons. The van der Waals surface area contributed by atoms with Crippen molar-refractivity contribution in [1.29, 1.82) is 0 Å². The highest BCUT2D eigenvalue weighted by atomic mass is 16.5. The van der Waals surface area contributed by atoms with Crippen LogP contribution in [0.5, 0.6) is 0 Å². The quantitative estimate of drug-likeness (QED) is 0.244. The number of likely N-dealkylation sites (tertiary alicyclic amines) is 2. The van der Waals surface area contributed by atoms with Crippen LogP contribution in [-0.4, -0.2) is 84.6 Å². The fourth-order valence-corrected chi connectivity index (χ4v) is 7.17. The summed E-state index contributed by atoms with van der Waals surface area (Å²) in [5, 5.41) is 18.6. The second-order valence-electron chi connectivity index (χ2n) is 13.1. The molecule has 0 aliphatic carbocycles. The molecule has 2 aromatic carbocycles. The standard InChI is InChI=1S/C21H31NO4.C17H27NO2/c1-3-25-19(23)15-21(16-20(24)26-4-2)11-8-13-22(14-12-21)17-18-9-6-5-7-10-18;19-13-9-17(10-14-20)7-4-11-18(12-8-17)15-16-5-2-1-3-6-16/h5-7,9-10H,3-4,8,11-17H2,1-2H3;1-3,5-6,19-20H,4,7-15H2. The Balaban J connectivity index is 0.000000259. The second-order valence-corrected chi connectivity index (χ2v) is 13.1. The van der Waals surface area contributed by atoms with Gasteiger partial charge in [-0.3, -0.25) is 19.4 Å². The Kier molecular flexibility index (Phi) is 16.8. The zero-order chi connectivity index (χ0) is 33.1. The van der Waals surface area contributed by atoms with Crippen LogP contribution in [0.4, 0.5) is 0 Å². The van der Waals surface area contributed by atoms with Crippen LogP contribution in [0.1, 0.15) is 89.2 Å². The second kappa shape index (κ2) is 20.5. The van der Waals surface area contributed by atoms with E-state index < -0.39 is 0 Å². The van der Waals surface area contributed by atoms with Crippen molar-refractivity contribution in [3.05, 3.63) is 71.8 Å². The highest BCUT2D eigenvalue weighted by Crippen LogP contribution is 2.40. The number of carbonyl (C=O) groups excluding carboxylic acids is 2. The molecule has 2 N–H and O–H groups in total. The van der Waals surface area contributed by atoms with Crippen LogP contribution < -0.4 is 0 Å². The Labute approximate surface area is 277 Å². The summed E-state index contributed by atoms with van der Waals surface area (Å²) in [5.74, 6) is -0.429. The number of hydrogen-bond acceptors (Lipinski definition) is 8. The van der Waals surface area contributed by atoms with Gasteiger partial charge >= 0.3 is 11.9 Å². The number of hydrogen-bond donors (Lipinski definition) is 2. The van der Waals surface area contributed by atoms with E-state index in [4.69, 9.17) is 9.47 Å². The highest BCUT2D eigenvalue weighted by molar-refractivity contribution is 5.74. The first-order valence-electron chi connectivity index (χ1n) is 17.4. The zero-order valence-electron chi connectivity index (χ0n) is 28.3. The lowest BCUT2D eigenvalue weighted by Crippen LogP contribution is -2.31. The van der Waals surface area contributed by atoms with Gasteiger partial charge in [0.1, 0.15) is 0 Å². The summed E-state index contributed by atoms with van der Waals surface area (Å²) in [6.45, 7) is 10.8. The molecule has 2 aliphatic heterocycles. The Morgan fingerprint density at radius 2 is 1.04 bits per heavy atom. The largest absolute Gasteiger partial charge is 0.466 e. The van der Waals surface area contributed by atoms with Crippen molar-refractivity contribution in [1.82, 2.24) is 9.80 Å². The van der Waals surface area contributed by atoms with E-state index in [1.54, 1.807) is 0 Å². The van der Waals surface area contributed by atoms with Crippen molar-refractivity contribution in [2.45, 2.75) is 91.1 Å². The molecule has 46 heavy (non-hydrogen) atoms. The Morgan fingerprint density at radius 1 is 0.630 bits per heavy atom. The summed E-state index contributed by atoms with van der Waals surface area (Å²) in [4.78, 5) is 29.2. The van der Waals surface area contributed by atoms with Gasteiger partial charge in [0.25, 0.3) is 0 Å². The zero-order valence-corrected chi connectivity index (χ0v) is 28.3. The van der Waals surface area contributed by atoms with Gasteiger partial charge in [0.15, 0.2) is 0 Å². The molecule has 0 radical (unpaired) electrons. The summed E-state index contributed by atoms with van der Waals surface area (Å²) in [7, 11) is 0. The van der Waals surface area contributed by atoms with E-state index in [2.05, 4.69) is 64.4 Å². The van der Waals surface area contributed by atoms with Gasteiger partial charge in [-0.15, -0.1) is 0 Å². The van der Waals surface area contributed by atoms with E-state index in [1.807, 2.05) is 19.9 Å². The number of aliphatic hydroxyl groups excluding tert-OH is 2. The van der Waals surface area contributed by atoms with Gasteiger partial charge < -0.3 is 19.7 Å². The summed E-state index contributed by atoms with van der Waals surface area (Å²) < 4.78 is 10.3. The van der Waals surface area contributed by atoms with Crippen molar-refractivity contribution >= 4 is 11.9 Å². The van der Waals surface area contributed by atoms with Crippen molar-refractivity contribution in [2.75, 3.05) is 52.6 Å². The SMILES string of the molecule is CCOC(=O)CC1(CC(=O)OCC)CCCN(Cc2ccccc2)CC1.OCCC1(CCO)CCCN(Cc2ccccc2)CC1. The Morgan fingerprint density at radius 3 is 1.46 bits per heavy atom. The normalized spacial score (nSPS) is 18.3. The minimum absolute atomic E-state index is 0.148. The third-order valence-corrected chi connectivity index (χ3v) is 9.71. The minimum Gasteiger partial charge on any atom is -0.466 e. The molecule has 4 rings (SSSR count).